The summed E-state index contributed by atoms with van der Waals surface area (Å²) in [5.74, 6) is -0.558. The van der Waals surface area contributed by atoms with Crippen LogP contribution in [0, 0.1) is 6.92 Å². The molecule has 1 heterocycles. The molecule has 0 bridgehead atoms. The van der Waals surface area contributed by atoms with Crippen LogP contribution in [0.25, 0.3) is 0 Å². The number of hydrogen-bond acceptors (Lipinski definition) is 4. The molecule has 4 N–H and O–H groups in total. The van der Waals surface area contributed by atoms with Gasteiger partial charge in [-0.1, -0.05) is 6.07 Å². The minimum atomic E-state index is -0.558. The molecule has 124 valence electrons. The Morgan fingerprint density at radius 1 is 1.39 bits per heavy atom. The number of amides is 4. The summed E-state index contributed by atoms with van der Waals surface area (Å²) in [6.45, 7) is 3.56. The second-order valence-corrected chi connectivity index (χ2v) is 5.23. The van der Waals surface area contributed by atoms with Gasteiger partial charge in [-0.2, -0.15) is 0 Å². The zero-order valence-corrected chi connectivity index (χ0v) is 12.9. The summed E-state index contributed by atoms with van der Waals surface area (Å²) in [6.07, 6.45) is 0.431. The Balaban J connectivity index is 1.84. The van der Waals surface area contributed by atoms with Crippen molar-refractivity contribution in [2.45, 2.75) is 13.3 Å². The second kappa shape index (κ2) is 7.48. The third-order valence-corrected chi connectivity index (χ3v) is 3.49. The van der Waals surface area contributed by atoms with E-state index in [9.17, 15) is 14.4 Å². The van der Waals surface area contributed by atoms with Crippen LogP contribution in [0.2, 0.25) is 0 Å². The van der Waals surface area contributed by atoms with Crippen LogP contribution in [0.4, 0.5) is 15.3 Å². The summed E-state index contributed by atoms with van der Waals surface area (Å²) in [5, 5.41) is 5.32. The fourth-order valence-corrected chi connectivity index (χ4v) is 2.18. The van der Waals surface area contributed by atoms with E-state index in [2.05, 4.69) is 10.6 Å². The summed E-state index contributed by atoms with van der Waals surface area (Å²) in [6, 6.07) is 4.42. The van der Waals surface area contributed by atoms with Gasteiger partial charge >= 0.3 is 12.1 Å². The van der Waals surface area contributed by atoms with E-state index in [1.54, 1.807) is 17.0 Å². The summed E-state index contributed by atoms with van der Waals surface area (Å²) >= 11 is 0. The molecule has 4 amide bonds. The molecule has 0 saturated carbocycles. The van der Waals surface area contributed by atoms with Crippen LogP contribution < -0.4 is 16.4 Å². The highest BCUT2D eigenvalue weighted by atomic mass is 16.6. The summed E-state index contributed by atoms with van der Waals surface area (Å²) < 4.78 is 4.91. The lowest BCUT2D eigenvalue weighted by atomic mass is 10.1. The first kappa shape index (κ1) is 16.6. The number of rotatable bonds is 5. The Morgan fingerprint density at radius 3 is 2.87 bits per heavy atom. The van der Waals surface area contributed by atoms with Crippen LogP contribution in [0.15, 0.2) is 18.2 Å². The van der Waals surface area contributed by atoms with Crippen LogP contribution in [-0.4, -0.2) is 49.2 Å². The van der Waals surface area contributed by atoms with Crippen molar-refractivity contribution in [1.29, 1.82) is 0 Å². The summed E-state index contributed by atoms with van der Waals surface area (Å²) in [5.41, 5.74) is 6.86. The molecule has 0 aliphatic carbocycles. The average molecular weight is 320 g/mol. The highest BCUT2D eigenvalue weighted by Crippen LogP contribution is 2.16. The Morgan fingerprint density at radius 2 is 2.17 bits per heavy atom. The Hall–Kier alpha value is -2.77. The first-order chi connectivity index (χ1) is 11.0. The van der Waals surface area contributed by atoms with Gasteiger partial charge in [0.2, 0.25) is 5.91 Å². The molecule has 2 rings (SSSR count). The number of nitrogens with one attached hydrogen (secondary N) is 2. The van der Waals surface area contributed by atoms with Crippen molar-refractivity contribution in [1.82, 2.24) is 10.2 Å². The molecule has 1 saturated heterocycles. The predicted octanol–water partition coefficient (Wildman–Crippen LogP) is 1.06. The number of urea groups is 1. The molecule has 8 nitrogen and oxygen atoms in total. The number of carbonyl (C=O) groups is 3. The fourth-order valence-electron chi connectivity index (χ4n) is 2.18. The lowest BCUT2D eigenvalue weighted by molar-refractivity contribution is 0.0735. The molecule has 0 aromatic heterocycles. The number of cyclic esters (lactones) is 1. The maximum absolute atomic E-state index is 11.9. The van der Waals surface area contributed by atoms with Crippen LogP contribution in [0.5, 0.6) is 0 Å². The molecule has 1 aromatic carbocycles. The fraction of sp³-hybridized carbons (Fsp3) is 0.400. The second-order valence-electron chi connectivity index (χ2n) is 5.23. The standard InChI is InChI=1S/C15H20N4O4/c1-10-3-4-11(13(16)20)9-12(10)18-14(21)17-5-7-19-6-2-8-23-15(19)22/h3-4,9H,2,5-8H2,1H3,(H2,16,20)(H2,17,18,21). The molecule has 0 radical (unpaired) electrons. The van der Waals surface area contributed by atoms with E-state index in [0.29, 0.717) is 37.5 Å². The average Bonchev–Trinajstić information content (AvgIpc) is 2.51. The van der Waals surface area contributed by atoms with E-state index in [4.69, 9.17) is 10.5 Å². The van der Waals surface area contributed by atoms with Crippen LogP contribution in [0.1, 0.15) is 22.3 Å². The first-order valence-corrected chi connectivity index (χ1v) is 7.34. The monoisotopic (exact) mass is 320 g/mol. The highest BCUT2D eigenvalue weighted by molar-refractivity contribution is 5.96. The number of hydrogen-bond donors (Lipinski definition) is 3. The molecule has 1 fully saturated rings. The smallest absolute Gasteiger partial charge is 0.409 e. The van der Waals surface area contributed by atoms with Crippen LogP contribution in [0.3, 0.4) is 0 Å². The van der Waals surface area contributed by atoms with Crippen molar-refractivity contribution in [3.63, 3.8) is 0 Å². The maximum Gasteiger partial charge on any atom is 0.409 e. The van der Waals surface area contributed by atoms with Gasteiger partial charge in [-0.15, -0.1) is 0 Å². The van der Waals surface area contributed by atoms with Crippen molar-refractivity contribution in [2.24, 2.45) is 5.73 Å². The van der Waals surface area contributed by atoms with Gasteiger partial charge in [0.15, 0.2) is 0 Å². The lowest BCUT2D eigenvalue weighted by Crippen LogP contribution is -2.43. The summed E-state index contributed by atoms with van der Waals surface area (Å²) in [4.78, 5) is 36.1. The van der Waals surface area contributed by atoms with Gasteiger partial charge in [-0.05, 0) is 31.0 Å². The van der Waals surface area contributed by atoms with Gasteiger partial charge in [0.25, 0.3) is 0 Å². The Labute approximate surface area is 134 Å². The van der Waals surface area contributed by atoms with E-state index >= 15 is 0 Å². The highest BCUT2D eigenvalue weighted by Gasteiger charge is 2.19. The molecular formula is C15H20N4O4. The Kier molecular flexibility index (Phi) is 5.40. The number of aryl methyl sites for hydroxylation is 1. The van der Waals surface area contributed by atoms with E-state index in [0.717, 1.165) is 12.0 Å². The molecule has 0 atom stereocenters. The third-order valence-electron chi connectivity index (χ3n) is 3.49. The van der Waals surface area contributed by atoms with E-state index in [-0.39, 0.29) is 6.09 Å². The minimum Gasteiger partial charge on any atom is -0.449 e. The van der Waals surface area contributed by atoms with Crippen molar-refractivity contribution < 1.29 is 19.1 Å². The number of nitrogens with zero attached hydrogens (tertiary/aromatic N) is 1. The molecule has 1 aliphatic heterocycles. The number of ether oxygens (including phenoxy) is 1. The topological polar surface area (TPSA) is 114 Å². The largest absolute Gasteiger partial charge is 0.449 e. The summed E-state index contributed by atoms with van der Waals surface area (Å²) in [7, 11) is 0. The van der Waals surface area contributed by atoms with Crippen molar-refractivity contribution in [3.8, 4) is 0 Å². The van der Waals surface area contributed by atoms with Gasteiger partial charge in [-0.25, -0.2) is 9.59 Å². The number of anilines is 1. The van der Waals surface area contributed by atoms with Crippen LogP contribution in [-0.2, 0) is 4.74 Å². The number of benzene rings is 1. The quantitative estimate of drug-likeness (QED) is 0.752. The van der Waals surface area contributed by atoms with Gasteiger partial charge in [-0.3, -0.25) is 4.79 Å². The van der Waals surface area contributed by atoms with Crippen molar-refractivity contribution >= 4 is 23.7 Å². The molecular weight excluding hydrogens is 300 g/mol. The Bertz CT molecular complexity index is 617. The molecule has 1 aliphatic rings. The number of nitrogens with two attached hydrogens (primary N) is 1. The molecule has 23 heavy (non-hydrogen) atoms. The van der Waals surface area contributed by atoms with Gasteiger partial charge in [0, 0.05) is 30.9 Å². The number of carbonyl (C=O) groups excluding carboxylic acids is 3. The minimum absolute atomic E-state index is 0.301. The van der Waals surface area contributed by atoms with E-state index < -0.39 is 11.9 Å². The molecule has 0 unspecified atom stereocenters. The lowest BCUT2D eigenvalue weighted by Gasteiger charge is -2.26. The number of primary amides is 1. The van der Waals surface area contributed by atoms with E-state index in [1.807, 2.05) is 6.92 Å². The zero-order chi connectivity index (χ0) is 16.8. The maximum atomic E-state index is 11.9. The van der Waals surface area contributed by atoms with Gasteiger partial charge in [0.05, 0.1) is 6.61 Å². The van der Waals surface area contributed by atoms with Gasteiger partial charge < -0.3 is 26.0 Å². The van der Waals surface area contributed by atoms with E-state index in [1.165, 1.54) is 6.07 Å². The van der Waals surface area contributed by atoms with Crippen molar-refractivity contribution in [3.05, 3.63) is 29.3 Å². The predicted molar refractivity (Wildman–Crippen MR) is 84.3 cm³/mol. The molecule has 1 aromatic rings. The zero-order valence-electron chi connectivity index (χ0n) is 12.9. The van der Waals surface area contributed by atoms with Crippen molar-refractivity contribution in [2.75, 3.05) is 31.6 Å². The first-order valence-electron chi connectivity index (χ1n) is 7.34. The van der Waals surface area contributed by atoms with Crippen LogP contribution >= 0.6 is 0 Å². The third kappa shape index (κ3) is 4.60. The van der Waals surface area contributed by atoms with Gasteiger partial charge in [0.1, 0.15) is 0 Å². The molecule has 0 spiro atoms. The normalized spacial score (nSPS) is 14.1. The SMILES string of the molecule is Cc1ccc(C(N)=O)cc1NC(=O)NCCN1CCCOC1=O. The molecule has 8 heteroatoms.